The van der Waals surface area contributed by atoms with E-state index in [9.17, 15) is 9.65 Å². The van der Waals surface area contributed by atoms with E-state index in [1.54, 1.807) is 12.1 Å². The van der Waals surface area contributed by atoms with Crippen LogP contribution < -0.4 is 10.6 Å². The van der Waals surface area contributed by atoms with E-state index in [-0.39, 0.29) is 5.82 Å². The van der Waals surface area contributed by atoms with Gasteiger partial charge in [-0.25, -0.2) is 4.39 Å². The zero-order valence-electron chi connectivity index (χ0n) is 8.96. The predicted molar refractivity (Wildman–Crippen MR) is 60.5 cm³/mol. The molecule has 0 radical (unpaired) electrons. The van der Waals surface area contributed by atoms with Gasteiger partial charge in [-0.3, -0.25) is 0 Å². The molecule has 1 aliphatic rings. The van der Waals surface area contributed by atoms with E-state index >= 15 is 0 Å². The number of hydrogen-bond acceptors (Lipinski definition) is 3. The third kappa shape index (κ3) is 2.31. The van der Waals surface area contributed by atoms with Gasteiger partial charge >= 0.3 is 0 Å². The summed E-state index contributed by atoms with van der Waals surface area (Å²) >= 11 is 0. The summed E-state index contributed by atoms with van der Waals surface area (Å²) < 4.78 is 12.7. The summed E-state index contributed by atoms with van der Waals surface area (Å²) in [4.78, 5) is 0. The molecule has 0 atom stereocenters. The molecule has 1 aromatic carbocycles. The second kappa shape index (κ2) is 4.50. The lowest BCUT2D eigenvalue weighted by atomic mass is 9.89. The minimum atomic E-state index is -0.511. The van der Waals surface area contributed by atoms with Crippen molar-refractivity contribution in [1.29, 1.82) is 5.26 Å². The van der Waals surface area contributed by atoms with Gasteiger partial charge in [-0.05, 0) is 50.2 Å². The topological polar surface area (TPSA) is 47.9 Å². The maximum absolute atomic E-state index is 12.7. The molecule has 16 heavy (non-hydrogen) atoms. The van der Waals surface area contributed by atoms with Crippen LogP contribution in [0.2, 0.25) is 0 Å². The van der Waals surface area contributed by atoms with Crippen LogP contribution in [0, 0.1) is 17.1 Å². The maximum Gasteiger partial charge on any atom is 0.127 e. The fraction of sp³-hybridized carbons (Fsp3) is 0.417. The van der Waals surface area contributed by atoms with E-state index in [2.05, 4.69) is 16.7 Å². The molecular formula is C12H14FN3. The van der Waals surface area contributed by atoms with Crippen molar-refractivity contribution < 1.29 is 4.39 Å². The molecule has 0 saturated carbocycles. The summed E-state index contributed by atoms with van der Waals surface area (Å²) in [6, 6.07) is 8.46. The van der Waals surface area contributed by atoms with Crippen molar-refractivity contribution in [2.75, 3.05) is 18.4 Å². The number of anilines is 1. The average molecular weight is 219 g/mol. The lowest BCUT2D eigenvalue weighted by Crippen LogP contribution is -2.46. The van der Waals surface area contributed by atoms with Gasteiger partial charge in [-0.15, -0.1) is 0 Å². The van der Waals surface area contributed by atoms with Crippen LogP contribution in [-0.2, 0) is 0 Å². The van der Waals surface area contributed by atoms with Crippen molar-refractivity contribution in [2.45, 2.75) is 18.4 Å². The van der Waals surface area contributed by atoms with E-state index < -0.39 is 5.54 Å². The Morgan fingerprint density at radius 2 is 1.88 bits per heavy atom. The first kappa shape index (κ1) is 10.9. The highest BCUT2D eigenvalue weighted by molar-refractivity contribution is 5.47. The summed E-state index contributed by atoms with van der Waals surface area (Å²) in [6.45, 7) is 1.67. The van der Waals surface area contributed by atoms with E-state index in [1.807, 2.05) is 0 Å². The average Bonchev–Trinajstić information content (AvgIpc) is 2.33. The van der Waals surface area contributed by atoms with E-state index in [4.69, 9.17) is 0 Å². The standard InChI is InChI=1S/C12H14FN3/c13-10-1-3-11(4-2-10)16-12(9-14)5-7-15-8-6-12/h1-4,15-16H,5-8H2. The fourth-order valence-electron chi connectivity index (χ4n) is 1.93. The lowest BCUT2D eigenvalue weighted by Gasteiger charge is -2.33. The Bertz CT molecular complexity index is 388. The van der Waals surface area contributed by atoms with E-state index in [0.717, 1.165) is 31.6 Å². The van der Waals surface area contributed by atoms with Crippen molar-refractivity contribution in [3.05, 3.63) is 30.1 Å². The monoisotopic (exact) mass is 219 g/mol. The summed E-state index contributed by atoms with van der Waals surface area (Å²) in [5.74, 6) is -0.262. The van der Waals surface area contributed by atoms with Crippen molar-refractivity contribution >= 4 is 5.69 Å². The molecule has 2 rings (SSSR count). The van der Waals surface area contributed by atoms with Gasteiger partial charge in [0.25, 0.3) is 0 Å². The third-order valence-corrected chi connectivity index (χ3v) is 2.90. The predicted octanol–water partition coefficient (Wildman–Crippen LogP) is 1.88. The lowest BCUT2D eigenvalue weighted by molar-refractivity contribution is 0.409. The largest absolute Gasteiger partial charge is 0.367 e. The third-order valence-electron chi connectivity index (χ3n) is 2.90. The number of piperidine rings is 1. The molecule has 0 spiro atoms. The molecule has 2 N–H and O–H groups in total. The Kier molecular flexibility index (Phi) is 3.07. The molecule has 0 bridgehead atoms. The van der Waals surface area contributed by atoms with Crippen LogP contribution in [0.5, 0.6) is 0 Å². The van der Waals surface area contributed by atoms with Gasteiger partial charge in [0.1, 0.15) is 11.4 Å². The maximum atomic E-state index is 12.7. The van der Waals surface area contributed by atoms with Gasteiger partial charge in [-0.1, -0.05) is 0 Å². The SMILES string of the molecule is N#CC1(Nc2ccc(F)cc2)CCNCC1. The molecule has 0 aliphatic carbocycles. The first-order valence-corrected chi connectivity index (χ1v) is 5.40. The Morgan fingerprint density at radius 3 is 2.44 bits per heavy atom. The zero-order chi connectivity index (χ0) is 11.4. The molecule has 4 heteroatoms. The van der Waals surface area contributed by atoms with Crippen LogP contribution in [0.3, 0.4) is 0 Å². The van der Waals surface area contributed by atoms with Gasteiger partial charge in [0.15, 0.2) is 0 Å². The van der Waals surface area contributed by atoms with Crippen LogP contribution in [0.4, 0.5) is 10.1 Å². The molecule has 0 unspecified atom stereocenters. The molecular weight excluding hydrogens is 205 g/mol. The van der Waals surface area contributed by atoms with Crippen LogP contribution in [0.15, 0.2) is 24.3 Å². The van der Waals surface area contributed by atoms with Gasteiger partial charge in [-0.2, -0.15) is 5.26 Å². The number of halogens is 1. The van der Waals surface area contributed by atoms with Crippen LogP contribution >= 0.6 is 0 Å². The summed E-state index contributed by atoms with van der Waals surface area (Å²) in [5.41, 5.74) is 0.285. The zero-order valence-corrected chi connectivity index (χ0v) is 8.96. The van der Waals surface area contributed by atoms with E-state index in [1.165, 1.54) is 12.1 Å². The van der Waals surface area contributed by atoms with Gasteiger partial charge < -0.3 is 10.6 Å². The highest BCUT2D eigenvalue weighted by Crippen LogP contribution is 2.23. The fourth-order valence-corrected chi connectivity index (χ4v) is 1.93. The summed E-state index contributed by atoms with van der Waals surface area (Å²) in [7, 11) is 0. The minimum Gasteiger partial charge on any atom is -0.367 e. The number of benzene rings is 1. The molecule has 1 aromatic rings. The summed E-state index contributed by atoms with van der Waals surface area (Å²) in [6.07, 6.45) is 1.53. The Hall–Kier alpha value is -1.60. The van der Waals surface area contributed by atoms with Crippen LogP contribution in [0.25, 0.3) is 0 Å². The molecule has 0 aromatic heterocycles. The van der Waals surface area contributed by atoms with Gasteiger partial charge in [0.05, 0.1) is 6.07 Å². The van der Waals surface area contributed by atoms with Crippen LogP contribution in [0.1, 0.15) is 12.8 Å². The van der Waals surface area contributed by atoms with Crippen molar-refractivity contribution in [3.63, 3.8) is 0 Å². The van der Waals surface area contributed by atoms with Crippen molar-refractivity contribution in [1.82, 2.24) is 5.32 Å². The van der Waals surface area contributed by atoms with E-state index in [0.29, 0.717) is 0 Å². The first-order valence-electron chi connectivity index (χ1n) is 5.40. The summed E-state index contributed by atoms with van der Waals surface area (Å²) in [5, 5.41) is 15.7. The molecule has 3 nitrogen and oxygen atoms in total. The smallest absolute Gasteiger partial charge is 0.127 e. The second-order valence-electron chi connectivity index (χ2n) is 4.08. The Labute approximate surface area is 94.3 Å². The minimum absolute atomic E-state index is 0.262. The number of nitriles is 1. The number of hydrogen-bond donors (Lipinski definition) is 2. The van der Waals surface area contributed by atoms with Gasteiger partial charge in [0, 0.05) is 5.69 Å². The number of nitrogens with one attached hydrogen (secondary N) is 2. The Morgan fingerprint density at radius 1 is 1.25 bits per heavy atom. The first-order chi connectivity index (χ1) is 7.74. The highest BCUT2D eigenvalue weighted by atomic mass is 19.1. The quantitative estimate of drug-likeness (QED) is 0.798. The molecule has 1 saturated heterocycles. The molecule has 1 heterocycles. The second-order valence-corrected chi connectivity index (χ2v) is 4.08. The molecule has 84 valence electrons. The molecule has 0 amide bonds. The highest BCUT2D eigenvalue weighted by Gasteiger charge is 2.31. The molecule has 1 aliphatic heterocycles. The Balaban J connectivity index is 2.12. The van der Waals surface area contributed by atoms with Crippen LogP contribution in [-0.4, -0.2) is 18.6 Å². The van der Waals surface area contributed by atoms with Gasteiger partial charge in [0.2, 0.25) is 0 Å². The normalized spacial score (nSPS) is 18.8. The van der Waals surface area contributed by atoms with Crippen molar-refractivity contribution in [2.24, 2.45) is 0 Å². The number of rotatable bonds is 2. The molecule has 1 fully saturated rings. The number of nitrogens with zero attached hydrogens (tertiary/aromatic N) is 1. The van der Waals surface area contributed by atoms with Crippen molar-refractivity contribution in [3.8, 4) is 6.07 Å².